The van der Waals surface area contributed by atoms with Crippen molar-refractivity contribution < 1.29 is 29.0 Å². The van der Waals surface area contributed by atoms with Crippen LogP contribution < -0.4 is 27.2 Å². The quantitative estimate of drug-likeness (QED) is 0.134. The van der Waals surface area contributed by atoms with Crippen LogP contribution in [0.3, 0.4) is 0 Å². The molecule has 2 aromatic carbocycles. The molecule has 15 heteroatoms. The first-order chi connectivity index (χ1) is 21.6. The number of esters is 2. The molecule has 236 valence electrons. The van der Waals surface area contributed by atoms with E-state index >= 15 is 0 Å². The average Bonchev–Trinajstić information content (AvgIpc) is 3.00. The highest BCUT2D eigenvalue weighted by Crippen LogP contribution is 2.26. The molecule has 2 aromatic heterocycles. The molecule has 0 saturated heterocycles. The summed E-state index contributed by atoms with van der Waals surface area (Å²) in [6.07, 6.45) is 1.24. The highest BCUT2D eigenvalue weighted by molar-refractivity contribution is 5.97. The summed E-state index contributed by atoms with van der Waals surface area (Å²) in [6, 6.07) is 10.5. The summed E-state index contributed by atoms with van der Waals surface area (Å²) in [5.41, 5.74) is 6.73. The third-order valence-corrected chi connectivity index (χ3v) is 6.70. The molecule has 0 aliphatic carbocycles. The van der Waals surface area contributed by atoms with E-state index in [9.17, 15) is 29.1 Å². The molecule has 1 atom stereocenters. The van der Waals surface area contributed by atoms with Crippen molar-refractivity contribution in [1.82, 2.24) is 25.3 Å². The van der Waals surface area contributed by atoms with Crippen LogP contribution in [0.25, 0.3) is 10.9 Å². The Hall–Kier alpha value is -5.73. The van der Waals surface area contributed by atoms with Crippen molar-refractivity contribution in [3.63, 3.8) is 0 Å². The molecule has 1 amide bonds. The van der Waals surface area contributed by atoms with Gasteiger partial charge in [-0.2, -0.15) is 4.98 Å². The predicted molar refractivity (Wildman–Crippen MR) is 163 cm³/mol. The molecule has 0 aliphatic rings. The average molecular weight is 620 g/mol. The van der Waals surface area contributed by atoms with Gasteiger partial charge in [-0.25, -0.2) is 14.6 Å². The Labute approximate surface area is 256 Å². The Morgan fingerprint density at radius 1 is 1.02 bits per heavy atom. The summed E-state index contributed by atoms with van der Waals surface area (Å²) in [4.78, 5) is 75.9. The van der Waals surface area contributed by atoms with E-state index in [1.165, 1.54) is 6.20 Å². The topological polar surface area (TPSA) is 223 Å². The Morgan fingerprint density at radius 3 is 2.44 bits per heavy atom. The zero-order valence-corrected chi connectivity index (χ0v) is 24.7. The normalized spacial score (nSPS) is 11.5. The van der Waals surface area contributed by atoms with Crippen LogP contribution in [-0.2, 0) is 32.2 Å². The van der Waals surface area contributed by atoms with Gasteiger partial charge in [0, 0.05) is 30.4 Å². The number of nitrogen functional groups attached to an aromatic ring is 1. The lowest BCUT2D eigenvalue weighted by atomic mass is 10.1. The van der Waals surface area contributed by atoms with E-state index < -0.39 is 35.1 Å². The summed E-state index contributed by atoms with van der Waals surface area (Å²) in [5, 5.41) is 13.3. The number of nitrogens with two attached hydrogens (primary N) is 1. The van der Waals surface area contributed by atoms with E-state index in [4.69, 9.17) is 15.2 Å². The molecule has 4 rings (SSSR count). The summed E-state index contributed by atoms with van der Waals surface area (Å²) < 4.78 is 9.98. The van der Waals surface area contributed by atoms with E-state index in [2.05, 4.69) is 25.3 Å². The number of carbonyl (C=O) groups excluding carboxylic acids is 3. The Kier molecular flexibility index (Phi) is 10.5. The maximum Gasteiger partial charge on any atom is 0.328 e. The van der Waals surface area contributed by atoms with Crippen molar-refractivity contribution in [3.05, 3.63) is 86.2 Å². The molecule has 0 radical (unpaired) electrons. The van der Waals surface area contributed by atoms with Crippen molar-refractivity contribution in [2.24, 2.45) is 0 Å². The second kappa shape index (κ2) is 14.6. The lowest BCUT2D eigenvalue weighted by molar-refractivity contribution is -0.146. The van der Waals surface area contributed by atoms with Crippen molar-refractivity contribution in [2.75, 3.05) is 23.8 Å². The lowest BCUT2D eigenvalue weighted by Crippen LogP contribution is -2.42. The zero-order valence-electron chi connectivity index (χ0n) is 24.7. The summed E-state index contributed by atoms with van der Waals surface area (Å²) in [6.45, 7) is 3.91. The Morgan fingerprint density at radius 2 is 1.76 bits per heavy atom. The predicted octanol–water partition coefficient (Wildman–Crippen LogP) is 1.51. The number of rotatable bonds is 13. The van der Waals surface area contributed by atoms with E-state index in [0.717, 1.165) is 5.56 Å². The van der Waals surface area contributed by atoms with Crippen LogP contribution in [0.4, 0.5) is 11.6 Å². The van der Waals surface area contributed by atoms with Gasteiger partial charge in [-0.05, 0) is 62.2 Å². The molecule has 6 N–H and O–H groups in total. The highest BCUT2D eigenvalue weighted by atomic mass is 16.5. The maximum absolute atomic E-state index is 13.1. The number of nitrogens with one attached hydrogen (secondary N) is 3. The Bertz CT molecular complexity index is 1800. The SMILES string of the molecule is CCOC(=O)CC[C@@H](NC(=O)c1ccc(N(Cc2ccc3nc(N)nc(O)c3c2)Cc2c[nH]c(=O)[nH]c2=O)cc1)C(=O)OCC. The van der Waals surface area contributed by atoms with Crippen LogP contribution >= 0.6 is 0 Å². The third kappa shape index (κ3) is 8.43. The van der Waals surface area contributed by atoms with Gasteiger partial charge in [0.15, 0.2) is 0 Å². The zero-order chi connectivity index (χ0) is 32.5. The summed E-state index contributed by atoms with van der Waals surface area (Å²) in [7, 11) is 0. The van der Waals surface area contributed by atoms with Gasteiger partial charge in [-0.3, -0.25) is 19.4 Å². The fourth-order valence-corrected chi connectivity index (χ4v) is 4.55. The molecule has 0 unspecified atom stereocenters. The van der Waals surface area contributed by atoms with Gasteiger partial charge < -0.3 is 35.5 Å². The van der Waals surface area contributed by atoms with Crippen molar-refractivity contribution in [2.45, 2.75) is 45.8 Å². The number of fused-ring (bicyclic) bond motifs is 1. The smallest absolute Gasteiger partial charge is 0.328 e. The highest BCUT2D eigenvalue weighted by Gasteiger charge is 2.24. The van der Waals surface area contributed by atoms with Gasteiger partial charge in [0.2, 0.25) is 11.8 Å². The van der Waals surface area contributed by atoms with Gasteiger partial charge in [0.05, 0.1) is 36.2 Å². The standard InChI is InChI=1S/C30H33N7O8/c1-3-44-24(38)12-11-23(28(42)45-4-2)33-25(39)18-6-8-20(9-7-18)37(16-19-14-32-30(43)36-26(19)40)15-17-5-10-22-21(13-17)27(41)35-29(31)34-22/h5-10,13-14,23H,3-4,11-12,15-16H2,1-2H3,(H,33,39)(H3,31,34,35,41)(H2,32,36,40,43)/t23-/m1/s1. The molecule has 0 saturated carbocycles. The van der Waals surface area contributed by atoms with Gasteiger partial charge in [0.25, 0.3) is 11.5 Å². The number of H-pyrrole nitrogens is 2. The second-order valence-corrected chi connectivity index (χ2v) is 9.88. The minimum Gasteiger partial charge on any atom is -0.493 e. The van der Waals surface area contributed by atoms with Crippen molar-refractivity contribution in [1.29, 1.82) is 0 Å². The van der Waals surface area contributed by atoms with Gasteiger partial charge >= 0.3 is 17.6 Å². The minimum atomic E-state index is -1.06. The molecular weight excluding hydrogens is 586 g/mol. The lowest BCUT2D eigenvalue weighted by Gasteiger charge is -2.25. The number of hydrogen-bond donors (Lipinski definition) is 5. The van der Waals surface area contributed by atoms with Crippen molar-refractivity contribution in [3.8, 4) is 5.88 Å². The van der Waals surface area contributed by atoms with Crippen LogP contribution in [-0.4, -0.2) is 62.1 Å². The van der Waals surface area contributed by atoms with E-state index in [0.29, 0.717) is 16.6 Å². The van der Waals surface area contributed by atoms with Crippen LogP contribution in [0.1, 0.15) is 48.2 Å². The first-order valence-corrected chi connectivity index (χ1v) is 14.1. The van der Waals surface area contributed by atoms with Gasteiger partial charge in [-0.15, -0.1) is 0 Å². The second-order valence-electron chi connectivity index (χ2n) is 9.88. The van der Waals surface area contributed by atoms with E-state index in [1.54, 1.807) is 56.3 Å². The van der Waals surface area contributed by atoms with Crippen LogP contribution in [0.2, 0.25) is 0 Å². The van der Waals surface area contributed by atoms with Crippen LogP contribution in [0.15, 0.2) is 58.3 Å². The summed E-state index contributed by atoms with van der Waals surface area (Å²) in [5.74, 6) is -2.06. The number of hydrogen-bond acceptors (Lipinski definition) is 12. The maximum atomic E-state index is 13.1. The number of ether oxygens (including phenoxy) is 2. The van der Waals surface area contributed by atoms with Gasteiger partial charge in [-0.1, -0.05) is 6.07 Å². The van der Waals surface area contributed by atoms with Crippen molar-refractivity contribution >= 4 is 40.4 Å². The molecule has 4 aromatic rings. The Balaban J connectivity index is 1.59. The van der Waals surface area contributed by atoms with E-state index in [-0.39, 0.29) is 62.1 Å². The number of amides is 1. The molecule has 2 heterocycles. The van der Waals surface area contributed by atoms with E-state index in [1.807, 2.05) is 4.90 Å². The fraction of sp³-hybridized carbons (Fsp3) is 0.300. The van der Waals surface area contributed by atoms with Gasteiger partial charge in [0.1, 0.15) is 6.04 Å². The number of benzene rings is 2. The number of aromatic hydroxyl groups is 1. The molecular formula is C30H33N7O8. The number of carbonyl (C=O) groups is 3. The fourth-order valence-electron chi connectivity index (χ4n) is 4.55. The molecule has 0 spiro atoms. The molecule has 0 fully saturated rings. The number of aromatic amines is 2. The number of nitrogens with zero attached hydrogens (tertiary/aromatic N) is 3. The first-order valence-electron chi connectivity index (χ1n) is 14.1. The molecule has 45 heavy (non-hydrogen) atoms. The molecule has 0 aliphatic heterocycles. The molecule has 15 nitrogen and oxygen atoms in total. The number of anilines is 2. The van der Waals surface area contributed by atoms with Crippen LogP contribution in [0, 0.1) is 0 Å². The minimum absolute atomic E-state index is 0.00191. The third-order valence-electron chi connectivity index (χ3n) is 6.70. The summed E-state index contributed by atoms with van der Waals surface area (Å²) >= 11 is 0. The van der Waals surface area contributed by atoms with Crippen LogP contribution in [0.5, 0.6) is 5.88 Å². The number of aromatic nitrogens is 4. The first kappa shape index (κ1) is 32.2. The largest absolute Gasteiger partial charge is 0.493 e. The monoisotopic (exact) mass is 619 g/mol. The molecule has 0 bridgehead atoms.